The molecule has 0 bridgehead atoms. The molecule has 1 unspecified atom stereocenters. The molecule has 0 aliphatic carbocycles. The molecule has 7 nitrogen and oxygen atoms in total. The number of ether oxygens (including phenoxy) is 1. The first-order valence-corrected chi connectivity index (χ1v) is 13.4. The van der Waals surface area contributed by atoms with E-state index < -0.39 is 22.0 Å². The van der Waals surface area contributed by atoms with Gasteiger partial charge in [0.1, 0.15) is 11.8 Å². The summed E-state index contributed by atoms with van der Waals surface area (Å²) in [5.74, 6) is 0.158. The van der Waals surface area contributed by atoms with Gasteiger partial charge in [0.05, 0.1) is 22.2 Å². The molecule has 1 atom stereocenters. The summed E-state index contributed by atoms with van der Waals surface area (Å²) in [7, 11) is -0.392. The smallest absolute Gasteiger partial charge is 0.266 e. The van der Waals surface area contributed by atoms with E-state index >= 15 is 0 Å². The number of aromatic nitrogens is 1. The SMILES string of the molecule is CCCCc1ccc2c(c1)sc(=NC(=O)C1CCCN1S(=O)(=O)c1ccc(OC)cc1)n2C. The number of hydrogen-bond acceptors (Lipinski definition) is 5. The van der Waals surface area contributed by atoms with Crippen LogP contribution in [0, 0.1) is 0 Å². The third-order valence-corrected chi connectivity index (χ3v) is 9.07. The molecule has 33 heavy (non-hydrogen) atoms. The molecule has 1 aromatic heterocycles. The standard InChI is InChI=1S/C24H29N3O4S2/c1-4-5-7-17-9-14-20-22(16-17)32-24(26(20)2)25-23(28)21-8-6-15-27(21)33(29,30)19-12-10-18(31-3)11-13-19/h9-14,16,21H,4-8,15H2,1-3H3. The molecule has 1 saturated heterocycles. The van der Waals surface area contributed by atoms with Crippen molar-refractivity contribution in [3.05, 3.63) is 52.8 Å². The minimum atomic E-state index is -3.81. The Morgan fingerprint density at radius 1 is 1.21 bits per heavy atom. The number of amides is 1. The van der Waals surface area contributed by atoms with E-state index in [2.05, 4.69) is 30.1 Å². The first-order valence-electron chi connectivity index (χ1n) is 11.2. The quantitative estimate of drug-likeness (QED) is 0.507. The molecule has 0 N–H and O–H groups in total. The van der Waals surface area contributed by atoms with E-state index in [-0.39, 0.29) is 4.90 Å². The molecule has 2 aromatic carbocycles. The molecule has 0 radical (unpaired) electrons. The Morgan fingerprint density at radius 2 is 1.97 bits per heavy atom. The Kier molecular flexibility index (Phi) is 7.02. The minimum absolute atomic E-state index is 0.148. The zero-order valence-electron chi connectivity index (χ0n) is 19.2. The third kappa shape index (κ3) is 4.76. The Morgan fingerprint density at radius 3 is 2.67 bits per heavy atom. The number of carbonyl (C=O) groups is 1. The molecular formula is C24H29N3O4S2. The molecule has 1 aliphatic rings. The lowest BCUT2D eigenvalue weighted by Crippen LogP contribution is -2.40. The number of benzene rings is 2. The molecule has 9 heteroatoms. The molecule has 4 rings (SSSR count). The summed E-state index contributed by atoms with van der Waals surface area (Å²) in [6.07, 6.45) is 4.40. The maximum Gasteiger partial charge on any atom is 0.266 e. The summed E-state index contributed by atoms with van der Waals surface area (Å²) in [5, 5.41) is 0. The van der Waals surface area contributed by atoms with Gasteiger partial charge >= 0.3 is 0 Å². The van der Waals surface area contributed by atoms with Crippen molar-refractivity contribution < 1.29 is 17.9 Å². The topological polar surface area (TPSA) is 81.0 Å². The van der Waals surface area contributed by atoms with E-state index in [1.807, 2.05) is 11.6 Å². The van der Waals surface area contributed by atoms with Crippen molar-refractivity contribution in [1.29, 1.82) is 0 Å². The third-order valence-electron chi connectivity index (χ3n) is 6.05. The number of sulfonamides is 1. The van der Waals surface area contributed by atoms with Crippen LogP contribution in [0.3, 0.4) is 0 Å². The van der Waals surface area contributed by atoms with Crippen LogP contribution in [-0.2, 0) is 28.3 Å². The van der Waals surface area contributed by atoms with Gasteiger partial charge in [-0.2, -0.15) is 9.30 Å². The highest BCUT2D eigenvalue weighted by atomic mass is 32.2. The molecular weight excluding hydrogens is 458 g/mol. The van der Waals surface area contributed by atoms with Crippen molar-refractivity contribution in [3.8, 4) is 5.75 Å². The maximum atomic E-state index is 13.2. The van der Waals surface area contributed by atoms with Crippen molar-refractivity contribution >= 4 is 37.5 Å². The van der Waals surface area contributed by atoms with E-state index in [1.54, 1.807) is 12.1 Å². The average Bonchev–Trinajstić information content (AvgIpc) is 3.43. The lowest BCUT2D eigenvalue weighted by atomic mass is 10.1. The number of hydrogen-bond donors (Lipinski definition) is 0. The van der Waals surface area contributed by atoms with Gasteiger partial charge in [-0.1, -0.05) is 30.7 Å². The van der Waals surface area contributed by atoms with Crippen LogP contribution in [0.4, 0.5) is 0 Å². The average molecular weight is 488 g/mol. The molecule has 1 fully saturated rings. The maximum absolute atomic E-state index is 13.2. The van der Waals surface area contributed by atoms with Crippen LogP contribution >= 0.6 is 11.3 Å². The Labute approximate surface area is 198 Å². The number of rotatable bonds is 7. The van der Waals surface area contributed by atoms with E-state index in [0.29, 0.717) is 29.9 Å². The van der Waals surface area contributed by atoms with E-state index in [0.717, 1.165) is 29.5 Å². The van der Waals surface area contributed by atoms with Crippen molar-refractivity contribution in [3.63, 3.8) is 0 Å². The van der Waals surface area contributed by atoms with Gasteiger partial charge in [0.25, 0.3) is 5.91 Å². The van der Waals surface area contributed by atoms with Gasteiger partial charge in [0.15, 0.2) is 4.80 Å². The van der Waals surface area contributed by atoms with Gasteiger partial charge in [-0.05, 0) is 67.6 Å². The zero-order valence-corrected chi connectivity index (χ0v) is 20.8. The van der Waals surface area contributed by atoms with Crippen LogP contribution < -0.4 is 9.54 Å². The van der Waals surface area contributed by atoms with Crippen molar-refractivity contribution in [2.45, 2.75) is 50.0 Å². The molecule has 3 aromatic rings. The van der Waals surface area contributed by atoms with Gasteiger partial charge in [0, 0.05) is 13.6 Å². The lowest BCUT2D eigenvalue weighted by molar-refractivity contribution is -0.121. The highest BCUT2D eigenvalue weighted by molar-refractivity contribution is 7.89. The molecule has 0 saturated carbocycles. The minimum Gasteiger partial charge on any atom is -0.497 e. The summed E-state index contributed by atoms with van der Waals surface area (Å²) in [6.45, 7) is 2.48. The summed E-state index contributed by atoms with van der Waals surface area (Å²) in [5.41, 5.74) is 2.29. The van der Waals surface area contributed by atoms with Crippen molar-refractivity contribution in [1.82, 2.24) is 8.87 Å². The van der Waals surface area contributed by atoms with E-state index in [1.165, 1.54) is 40.4 Å². The fourth-order valence-corrected chi connectivity index (χ4v) is 6.89. The number of carbonyl (C=O) groups excluding carboxylic acids is 1. The lowest BCUT2D eigenvalue weighted by Gasteiger charge is -2.21. The fourth-order valence-electron chi connectivity index (χ4n) is 4.15. The van der Waals surface area contributed by atoms with Gasteiger partial charge in [0.2, 0.25) is 10.0 Å². The second-order valence-corrected chi connectivity index (χ2v) is 11.1. The van der Waals surface area contributed by atoms with Gasteiger partial charge in [-0.15, -0.1) is 0 Å². The molecule has 1 amide bonds. The van der Waals surface area contributed by atoms with Crippen LogP contribution in [0.15, 0.2) is 52.4 Å². The normalized spacial score (nSPS) is 17.7. The van der Waals surface area contributed by atoms with Crippen LogP contribution in [0.5, 0.6) is 5.75 Å². The van der Waals surface area contributed by atoms with Crippen LogP contribution in [0.25, 0.3) is 10.2 Å². The second kappa shape index (κ2) is 9.79. The summed E-state index contributed by atoms with van der Waals surface area (Å²) in [6, 6.07) is 11.8. The molecule has 176 valence electrons. The van der Waals surface area contributed by atoms with Gasteiger partial charge in [-0.3, -0.25) is 4.79 Å². The molecule has 0 spiro atoms. The first-order chi connectivity index (χ1) is 15.8. The summed E-state index contributed by atoms with van der Waals surface area (Å²) >= 11 is 1.46. The number of unbranched alkanes of at least 4 members (excludes halogenated alkanes) is 1. The van der Waals surface area contributed by atoms with Crippen LogP contribution in [0.2, 0.25) is 0 Å². The van der Waals surface area contributed by atoms with Crippen molar-refractivity contribution in [2.75, 3.05) is 13.7 Å². The predicted molar refractivity (Wildman–Crippen MR) is 130 cm³/mol. The second-order valence-electron chi connectivity index (χ2n) is 8.25. The van der Waals surface area contributed by atoms with Gasteiger partial charge < -0.3 is 9.30 Å². The first kappa shape index (κ1) is 23.7. The zero-order chi connectivity index (χ0) is 23.6. The monoisotopic (exact) mass is 487 g/mol. The van der Waals surface area contributed by atoms with Crippen LogP contribution in [-0.4, -0.2) is 42.9 Å². The molecule has 1 aliphatic heterocycles. The summed E-state index contributed by atoms with van der Waals surface area (Å²) in [4.78, 5) is 18.2. The summed E-state index contributed by atoms with van der Waals surface area (Å²) < 4.78 is 35.8. The number of aryl methyl sites for hydroxylation is 2. The highest BCUT2D eigenvalue weighted by Gasteiger charge is 2.39. The highest BCUT2D eigenvalue weighted by Crippen LogP contribution is 2.28. The van der Waals surface area contributed by atoms with E-state index in [9.17, 15) is 13.2 Å². The van der Waals surface area contributed by atoms with E-state index in [4.69, 9.17) is 4.74 Å². The number of methoxy groups -OCH3 is 1. The number of nitrogens with zero attached hydrogens (tertiary/aromatic N) is 3. The largest absolute Gasteiger partial charge is 0.497 e. The Bertz CT molecular complexity index is 1320. The fraction of sp³-hybridized carbons (Fsp3) is 0.417. The Balaban J connectivity index is 1.62. The number of fused-ring (bicyclic) bond motifs is 1. The van der Waals surface area contributed by atoms with Crippen LogP contribution in [0.1, 0.15) is 38.2 Å². The number of thiazole rings is 1. The van der Waals surface area contributed by atoms with Gasteiger partial charge in [-0.25, -0.2) is 8.42 Å². The Hall–Kier alpha value is -2.49. The van der Waals surface area contributed by atoms with Crippen molar-refractivity contribution in [2.24, 2.45) is 12.0 Å². The molecule has 2 heterocycles. The predicted octanol–water partition coefficient (Wildman–Crippen LogP) is 3.87.